The lowest BCUT2D eigenvalue weighted by atomic mass is 10.3. The zero-order valence-electron chi connectivity index (χ0n) is 8.75. The van der Waals surface area contributed by atoms with Crippen LogP contribution in [0.3, 0.4) is 0 Å². The van der Waals surface area contributed by atoms with E-state index >= 15 is 0 Å². The maximum absolute atomic E-state index is 11.4. The third-order valence-electron chi connectivity index (χ3n) is 1.70. The van der Waals surface area contributed by atoms with Crippen molar-refractivity contribution in [2.45, 2.75) is 0 Å². The van der Waals surface area contributed by atoms with Gasteiger partial charge in [-0.3, -0.25) is 4.72 Å². The van der Waals surface area contributed by atoms with Gasteiger partial charge in [0.2, 0.25) is 10.0 Å². The molecule has 0 aliphatic rings. The van der Waals surface area contributed by atoms with Gasteiger partial charge in [0.1, 0.15) is 11.8 Å². The van der Waals surface area contributed by atoms with Gasteiger partial charge in [0.05, 0.1) is 11.8 Å². The van der Waals surface area contributed by atoms with E-state index < -0.39 is 15.8 Å². The number of hydrogen-bond donors (Lipinski definition) is 1. The zero-order chi connectivity index (χ0) is 12.7. The topological polar surface area (TPSA) is 103 Å². The summed E-state index contributed by atoms with van der Waals surface area (Å²) in [5, 5.41) is 16.7. The second-order valence-corrected chi connectivity index (χ2v) is 4.68. The number of ether oxygens (including phenoxy) is 1. The monoisotopic (exact) mass is 251 g/mol. The first kappa shape index (κ1) is 12.8. The predicted molar refractivity (Wildman–Crippen MR) is 60.6 cm³/mol. The Balaban J connectivity index is 2.92. The Morgan fingerprint density at radius 2 is 1.94 bits per heavy atom. The third-order valence-corrected chi connectivity index (χ3v) is 2.74. The number of rotatable bonds is 5. The van der Waals surface area contributed by atoms with Crippen LogP contribution in [0.4, 0.5) is 5.69 Å². The normalized spacial score (nSPS) is 10.0. The fourth-order valence-corrected chi connectivity index (χ4v) is 1.82. The molecule has 0 saturated carbocycles. The quantitative estimate of drug-likeness (QED) is 0.835. The van der Waals surface area contributed by atoms with Crippen LogP contribution in [-0.4, -0.2) is 20.8 Å². The lowest BCUT2D eigenvalue weighted by molar-refractivity contribution is 0.370. The molecule has 6 nitrogen and oxygen atoms in total. The lowest BCUT2D eigenvalue weighted by Gasteiger charge is -2.10. The summed E-state index contributed by atoms with van der Waals surface area (Å²) in [6, 6.07) is 9.61. The summed E-state index contributed by atoms with van der Waals surface area (Å²) in [5.41, 5.74) is 0.206. The van der Waals surface area contributed by atoms with Crippen molar-refractivity contribution in [1.29, 1.82) is 10.5 Å². The van der Waals surface area contributed by atoms with Crippen molar-refractivity contribution in [2.24, 2.45) is 0 Å². The number of sulfonamides is 1. The van der Waals surface area contributed by atoms with Gasteiger partial charge in [0.25, 0.3) is 0 Å². The Morgan fingerprint density at radius 1 is 1.24 bits per heavy atom. The van der Waals surface area contributed by atoms with Crippen LogP contribution in [0.5, 0.6) is 5.75 Å². The van der Waals surface area contributed by atoms with E-state index in [-0.39, 0.29) is 18.0 Å². The average molecular weight is 251 g/mol. The lowest BCUT2D eigenvalue weighted by Crippen LogP contribution is -2.16. The molecule has 0 radical (unpaired) electrons. The fraction of sp³-hybridized carbons (Fsp3) is 0.200. The van der Waals surface area contributed by atoms with Gasteiger partial charge in [0, 0.05) is 0 Å². The van der Waals surface area contributed by atoms with Gasteiger partial charge in [-0.1, -0.05) is 12.1 Å². The number of nitrogens with one attached hydrogen (secondary N) is 1. The second-order valence-electron chi connectivity index (χ2n) is 2.96. The molecule has 0 aliphatic carbocycles. The SMILES string of the molecule is N#CCOc1ccccc1NS(=O)(=O)CC#N. The minimum absolute atomic E-state index is 0.184. The van der Waals surface area contributed by atoms with E-state index in [2.05, 4.69) is 4.72 Å². The van der Waals surface area contributed by atoms with Crippen LogP contribution in [0.15, 0.2) is 24.3 Å². The molecule has 0 heterocycles. The minimum atomic E-state index is -3.71. The molecule has 0 amide bonds. The van der Waals surface area contributed by atoms with Crippen molar-refractivity contribution in [3.63, 3.8) is 0 Å². The molecule has 0 aromatic heterocycles. The van der Waals surface area contributed by atoms with E-state index in [1.54, 1.807) is 24.3 Å². The van der Waals surface area contributed by atoms with Gasteiger partial charge < -0.3 is 4.74 Å². The molecule has 0 fully saturated rings. The standard InChI is InChI=1S/C10H9N3O3S/c11-5-7-16-10-4-2-1-3-9(10)13-17(14,15)8-6-12/h1-4,13H,7-8H2. The van der Waals surface area contributed by atoms with Crippen LogP contribution in [0, 0.1) is 22.7 Å². The molecule has 1 aromatic rings. The Morgan fingerprint density at radius 3 is 2.59 bits per heavy atom. The second kappa shape index (κ2) is 5.73. The molecule has 88 valence electrons. The van der Waals surface area contributed by atoms with Crippen molar-refractivity contribution >= 4 is 15.7 Å². The maximum atomic E-state index is 11.4. The van der Waals surface area contributed by atoms with Gasteiger partial charge in [-0.15, -0.1) is 0 Å². The highest BCUT2D eigenvalue weighted by Crippen LogP contribution is 2.24. The molecule has 17 heavy (non-hydrogen) atoms. The van der Waals surface area contributed by atoms with Crippen LogP contribution < -0.4 is 9.46 Å². The number of hydrogen-bond acceptors (Lipinski definition) is 5. The van der Waals surface area contributed by atoms with Crippen molar-refractivity contribution in [2.75, 3.05) is 17.1 Å². The summed E-state index contributed by atoms with van der Waals surface area (Å²) < 4.78 is 30.0. The van der Waals surface area contributed by atoms with Crippen molar-refractivity contribution in [3.8, 4) is 17.9 Å². The van der Waals surface area contributed by atoms with Crippen LogP contribution in [-0.2, 0) is 10.0 Å². The highest BCUT2D eigenvalue weighted by Gasteiger charge is 2.12. The van der Waals surface area contributed by atoms with Crippen molar-refractivity contribution < 1.29 is 13.2 Å². The molecule has 7 heteroatoms. The number of para-hydroxylation sites is 2. The van der Waals surface area contributed by atoms with E-state index in [0.29, 0.717) is 0 Å². The summed E-state index contributed by atoms with van der Waals surface area (Å²) in [6.45, 7) is -0.184. The smallest absolute Gasteiger partial charge is 0.246 e. The highest BCUT2D eigenvalue weighted by atomic mass is 32.2. The largest absolute Gasteiger partial charge is 0.477 e. The van der Waals surface area contributed by atoms with Gasteiger partial charge in [-0.2, -0.15) is 10.5 Å². The minimum Gasteiger partial charge on any atom is -0.477 e. The highest BCUT2D eigenvalue weighted by molar-refractivity contribution is 7.92. The van der Waals surface area contributed by atoms with Crippen LogP contribution in [0.1, 0.15) is 0 Å². The summed E-state index contributed by atoms with van der Waals surface area (Å²) >= 11 is 0. The van der Waals surface area contributed by atoms with Gasteiger partial charge in [0.15, 0.2) is 12.4 Å². The molecule has 1 aromatic carbocycles. The van der Waals surface area contributed by atoms with E-state index in [0.717, 1.165) is 0 Å². The van der Waals surface area contributed by atoms with E-state index in [1.165, 1.54) is 12.1 Å². The molecule has 1 rings (SSSR count). The van der Waals surface area contributed by atoms with Gasteiger partial charge >= 0.3 is 0 Å². The Bertz CT molecular complexity index is 569. The van der Waals surface area contributed by atoms with E-state index in [1.807, 2.05) is 0 Å². The van der Waals surface area contributed by atoms with E-state index in [9.17, 15) is 8.42 Å². The fourth-order valence-electron chi connectivity index (χ4n) is 1.08. The molecule has 0 spiro atoms. The molecule has 0 atom stereocenters. The van der Waals surface area contributed by atoms with Crippen molar-refractivity contribution in [3.05, 3.63) is 24.3 Å². The van der Waals surface area contributed by atoms with E-state index in [4.69, 9.17) is 15.3 Å². The zero-order valence-corrected chi connectivity index (χ0v) is 9.57. The Hall–Kier alpha value is -2.25. The summed E-state index contributed by atoms with van der Waals surface area (Å²) in [5.74, 6) is -0.393. The molecule has 1 N–H and O–H groups in total. The maximum Gasteiger partial charge on any atom is 0.246 e. The molecular formula is C10H9N3O3S. The number of anilines is 1. The summed E-state index contributed by atoms with van der Waals surface area (Å²) in [6.07, 6.45) is 0. The molecule has 0 unspecified atom stereocenters. The molecule has 0 aliphatic heterocycles. The first-order chi connectivity index (χ1) is 8.09. The predicted octanol–water partition coefficient (Wildman–Crippen LogP) is 0.854. The number of nitrogens with zero attached hydrogens (tertiary/aromatic N) is 2. The average Bonchev–Trinajstić information content (AvgIpc) is 2.27. The van der Waals surface area contributed by atoms with Crippen molar-refractivity contribution in [1.82, 2.24) is 0 Å². The Labute approximate surface area is 99.1 Å². The number of nitriles is 2. The molecule has 0 bridgehead atoms. The summed E-state index contributed by atoms with van der Waals surface area (Å²) in [4.78, 5) is 0. The first-order valence-electron chi connectivity index (χ1n) is 4.55. The third kappa shape index (κ3) is 4.01. The molecular weight excluding hydrogens is 242 g/mol. The van der Waals surface area contributed by atoms with Crippen LogP contribution >= 0.6 is 0 Å². The van der Waals surface area contributed by atoms with Gasteiger partial charge in [-0.05, 0) is 12.1 Å². The molecule has 0 saturated heterocycles. The number of benzene rings is 1. The summed E-state index contributed by atoms with van der Waals surface area (Å²) in [7, 11) is -3.71. The Kier molecular flexibility index (Phi) is 4.32. The van der Waals surface area contributed by atoms with Gasteiger partial charge in [-0.25, -0.2) is 8.42 Å². The van der Waals surface area contributed by atoms with Crippen LogP contribution in [0.25, 0.3) is 0 Å². The first-order valence-corrected chi connectivity index (χ1v) is 6.20. The van der Waals surface area contributed by atoms with Crippen LogP contribution in [0.2, 0.25) is 0 Å².